The van der Waals surface area contributed by atoms with E-state index in [9.17, 15) is 30.0 Å². The Morgan fingerprint density at radius 3 is 2.36 bits per heavy atom. The number of rotatable bonds is 5. The van der Waals surface area contributed by atoms with Gasteiger partial charge in [0.1, 0.15) is 18.3 Å². The van der Waals surface area contributed by atoms with E-state index in [0.717, 1.165) is 6.08 Å². The Labute approximate surface area is 140 Å². The molecule has 1 aliphatic rings. The van der Waals surface area contributed by atoms with Crippen molar-refractivity contribution < 1.29 is 49.7 Å². The molecule has 10 heteroatoms. The molecule has 25 heavy (non-hydrogen) atoms. The summed E-state index contributed by atoms with van der Waals surface area (Å²) < 4.78 is 10.1. The summed E-state index contributed by atoms with van der Waals surface area (Å²) in [7, 11) is 0. The van der Waals surface area contributed by atoms with E-state index in [4.69, 9.17) is 19.7 Å². The highest BCUT2D eigenvalue weighted by Crippen LogP contribution is 2.31. The molecule has 1 fully saturated rings. The number of aromatic hydroxyl groups is 1. The van der Waals surface area contributed by atoms with E-state index in [2.05, 4.69) is 0 Å². The second-order valence-electron chi connectivity index (χ2n) is 5.25. The first-order valence-corrected chi connectivity index (χ1v) is 7.04. The standard InChI is InChI=1S/C15H16O10/c16-7-3-1-6(2-4-9(17)18)5-8(7)24-15-12(21)10(19)11(20)13(25-15)14(22)23/h1-5,10-13,15-16,19-21H,(H,17,18)(H,22,23)/b4-2+/t10-,11-,12+,13-,15+/m0/s1. The quantitative estimate of drug-likeness (QED) is 0.350. The van der Waals surface area contributed by atoms with Crippen LogP contribution in [0.4, 0.5) is 0 Å². The molecule has 0 spiro atoms. The van der Waals surface area contributed by atoms with Crippen LogP contribution in [0.25, 0.3) is 6.08 Å². The lowest BCUT2D eigenvalue weighted by Gasteiger charge is -2.38. The lowest BCUT2D eigenvalue weighted by Crippen LogP contribution is -2.61. The van der Waals surface area contributed by atoms with Crippen LogP contribution in [0.1, 0.15) is 5.56 Å². The molecule has 1 aliphatic heterocycles. The van der Waals surface area contributed by atoms with Crippen molar-refractivity contribution in [2.24, 2.45) is 0 Å². The Kier molecular flexibility index (Phi) is 5.59. The highest BCUT2D eigenvalue weighted by molar-refractivity contribution is 5.85. The number of aliphatic hydroxyl groups is 3. The summed E-state index contributed by atoms with van der Waals surface area (Å²) in [6.45, 7) is 0. The van der Waals surface area contributed by atoms with Crippen LogP contribution in [0.3, 0.4) is 0 Å². The number of hydrogen-bond acceptors (Lipinski definition) is 8. The Hall–Kier alpha value is -2.66. The van der Waals surface area contributed by atoms with Crippen LogP contribution >= 0.6 is 0 Å². The minimum Gasteiger partial charge on any atom is -0.504 e. The first kappa shape index (κ1) is 18.7. The number of phenolic OH excluding ortho intramolecular Hbond substituents is 1. The van der Waals surface area contributed by atoms with Crippen molar-refractivity contribution >= 4 is 18.0 Å². The number of benzene rings is 1. The minimum absolute atomic E-state index is 0.246. The van der Waals surface area contributed by atoms with Gasteiger partial charge < -0.3 is 40.1 Å². The van der Waals surface area contributed by atoms with Gasteiger partial charge in [-0.2, -0.15) is 0 Å². The number of hydrogen-bond donors (Lipinski definition) is 6. The molecular formula is C15H16O10. The van der Waals surface area contributed by atoms with Gasteiger partial charge in [0.15, 0.2) is 17.6 Å². The van der Waals surface area contributed by atoms with E-state index in [1.54, 1.807) is 0 Å². The fourth-order valence-electron chi connectivity index (χ4n) is 2.17. The van der Waals surface area contributed by atoms with Crippen LogP contribution in [0.2, 0.25) is 0 Å². The average molecular weight is 356 g/mol. The maximum Gasteiger partial charge on any atom is 0.335 e. The van der Waals surface area contributed by atoms with Gasteiger partial charge >= 0.3 is 11.9 Å². The lowest BCUT2D eigenvalue weighted by atomic mass is 9.99. The molecule has 136 valence electrons. The fourth-order valence-corrected chi connectivity index (χ4v) is 2.17. The maximum atomic E-state index is 11.0. The largest absolute Gasteiger partial charge is 0.504 e. The number of aliphatic hydroxyl groups excluding tert-OH is 3. The summed E-state index contributed by atoms with van der Waals surface area (Å²) in [6, 6.07) is 3.79. The van der Waals surface area contributed by atoms with Crippen molar-refractivity contribution in [3.05, 3.63) is 29.8 Å². The zero-order valence-electron chi connectivity index (χ0n) is 12.6. The van der Waals surface area contributed by atoms with E-state index < -0.39 is 48.4 Å². The molecule has 0 aliphatic carbocycles. The summed E-state index contributed by atoms with van der Waals surface area (Å²) in [5.41, 5.74) is 0.330. The summed E-state index contributed by atoms with van der Waals surface area (Å²) in [6.07, 6.45) is -6.98. The summed E-state index contributed by atoms with van der Waals surface area (Å²) in [4.78, 5) is 21.6. The van der Waals surface area contributed by atoms with Crippen molar-refractivity contribution in [1.82, 2.24) is 0 Å². The Bertz CT molecular complexity index is 685. The van der Waals surface area contributed by atoms with E-state index in [0.29, 0.717) is 5.56 Å². The molecule has 0 saturated carbocycles. The van der Waals surface area contributed by atoms with Crippen LogP contribution in [0.5, 0.6) is 11.5 Å². The normalized spacial score (nSPS) is 29.5. The molecule has 6 N–H and O–H groups in total. The second kappa shape index (κ2) is 7.49. The molecule has 2 rings (SSSR count). The fraction of sp³-hybridized carbons (Fsp3) is 0.333. The van der Waals surface area contributed by atoms with E-state index >= 15 is 0 Å². The van der Waals surface area contributed by atoms with Crippen LogP contribution in [-0.4, -0.2) is 73.3 Å². The van der Waals surface area contributed by atoms with Gasteiger partial charge in [-0.05, 0) is 23.8 Å². The monoisotopic (exact) mass is 356 g/mol. The number of ether oxygens (including phenoxy) is 2. The zero-order chi connectivity index (χ0) is 18.7. The number of carbonyl (C=O) groups is 2. The van der Waals surface area contributed by atoms with Gasteiger partial charge in [-0.25, -0.2) is 9.59 Å². The average Bonchev–Trinajstić information content (AvgIpc) is 2.55. The number of aliphatic carboxylic acids is 2. The third-order valence-electron chi connectivity index (χ3n) is 3.46. The van der Waals surface area contributed by atoms with Crippen LogP contribution in [0, 0.1) is 0 Å². The topological polar surface area (TPSA) is 174 Å². The van der Waals surface area contributed by atoms with Gasteiger partial charge in [0, 0.05) is 6.08 Å². The molecule has 1 aromatic carbocycles. The molecule has 0 unspecified atom stereocenters. The molecule has 0 bridgehead atoms. The van der Waals surface area contributed by atoms with Gasteiger partial charge in [0.2, 0.25) is 6.29 Å². The lowest BCUT2D eigenvalue weighted by molar-refractivity contribution is -0.271. The molecule has 1 heterocycles. The Morgan fingerprint density at radius 2 is 1.76 bits per heavy atom. The number of carboxylic acid groups (broad SMARTS) is 2. The smallest absolute Gasteiger partial charge is 0.335 e. The molecular weight excluding hydrogens is 340 g/mol. The van der Waals surface area contributed by atoms with Gasteiger partial charge in [0.05, 0.1) is 0 Å². The Balaban J connectivity index is 2.23. The van der Waals surface area contributed by atoms with Crippen molar-refractivity contribution in [3.63, 3.8) is 0 Å². The van der Waals surface area contributed by atoms with Crippen molar-refractivity contribution in [2.45, 2.75) is 30.7 Å². The van der Waals surface area contributed by atoms with E-state index in [1.807, 2.05) is 0 Å². The van der Waals surface area contributed by atoms with Gasteiger partial charge in [0.25, 0.3) is 0 Å². The summed E-state index contributed by atoms with van der Waals surface area (Å²) >= 11 is 0. The first-order chi connectivity index (χ1) is 11.7. The molecule has 5 atom stereocenters. The van der Waals surface area contributed by atoms with Crippen molar-refractivity contribution in [2.75, 3.05) is 0 Å². The summed E-state index contributed by atoms with van der Waals surface area (Å²) in [5, 5.41) is 56.6. The molecule has 10 nitrogen and oxygen atoms in total. The van der Waals surface area contributed by atoms with Crippen molar-refractivity contribution in [1.29, 1.82) is 0 Å². The van der Waals surface area contributed by atoms with Crippen molar-refractivity contribution in [3.8, 4) is 11.5 Å². The predicted molar refractivity (Wildman–Crippen MR) is 79.7 cm³/mol. The second-order valence-corrected chi connectivity index (χ2v) is 5.25. The molecule has 1 aromatic rings. The summed E-state index contributed by atoms with van der Waals surface area (Å²) in [5.74, 6) is -3.41. The molecule has 0 amide bonds. The van der Waals surface area contributed by atoms with Crippen LogP contribution in [0.15, 0.2) is 24.3 Å². The molecule has 0 radical (unpaired) electrons. The predicted octanol–water partition coefficient (Wildman–Crippen LogP) is -1.24. The molecule has 0 aromatic heterocycles. The third-order valence-corrected chi connectivity index (χ3v) is 3.46. The minimum atomic E-state index is -1.87. The number of phenols is 1. The SMILES string of the molecule is O=C(O)/C=C/c1ccc(O)c(O[C@@H]2O[C@H](C(=O)O)[C@@H](O)[C@H](O)[C@H]2O)c1. The Morgan fingerprint density at radius 1 is 1.08 bits per heavy atom. The van der Waals surface area contributed by atoms with Crippen LogP contribution in [-0.2, 0) is 14.3 Å². The highest BCUT2D eigenvalue weighted by atomic mass is 16.7. The van der Waals surface area contributed by atoms with Crippen LogP contribution < -0.4 is 4.74 Å². The van der Waals surface area contributed by atoms with E-state index in [-0.39, 0.29) is 5.75 Å². The maximum absolute atomic E-state index is 11.0. The highest BCUT2D eigenvalue weighted by Gasteiger charge is 2.48. The molecule has 1 saturated heterocycles. The first-order valence-electron chi connectivity index (χ1n) is 7.04. The third kappa shape index (κ3) is 4.25. The zero-order valence-corrected chi connectivity index (χ0v) is 12.6. The van der Waals surface area contributed by atoms with Gasteiger partial charge in [-0.1, -0.05) is 6.07 Å². The van der Waals surface area contributed by atoms with Gasteiger partial charge in [-0.3, -0.25) is 0 Å². The number of carboxylic acids is 2. The van der Waals surface area contributed by atoms with E-state index in [1.165, 1.54) is 24.3 Å². The van der Waals surface area contributed by atoms with Gasteiger partial charge in [-0.15, -0.1) is 0 Å².